The molecule has 138 valence electrons. The monoisotopic (exact) mass is 403 g/mol. The van der Waals surface area contributed by atoms with Crippen molar-refractivity contribution in [2.24, 2.45) is 0 Å². The fourth-order valence-corrected chi connectivity index (χ4v) is 4.82. The van der Waals surface area contributed by atoms with Crippen LogP contribution in [-0.4, -0.2) is 68.2 Å². The molecule has 0 bridgehead atoms. The summed E-state index contributed by atoms with van der Waals surface area (Å²) in [5, 5.41) is 4.42. The SMILES string of the molecule is O=S(=O)(c1ccc(Cl)cc1)N1CCN(C(=S)NC[C@@H]2CCCO2)CC1. The first-order valence-electron chi connectivity index (χ1n) is 8.37. The Morgan fingerprint density at radius 1 is 1.24 bits per heavy atom. The largest absolute Gasteiger partial charge is 0.376 e. The molecule has 2 aliphatic heterocycles. The molecule has 1 aromatic carbocycles. The fourth-order valence-electron chi connectivity index (χ4n) is 3.01. The number of benzene rings is 1. The molecule has 2 saturated heterocycles. The van der Waals surface area contributed by atoms with Gasteiger partial charge < -0.3 is 15.0 Å². The van der Waals surface area contributed by atoms with E-state index in [1.807, 2.05) is 4.90 Å². The molecule has 0 saturated carbocycles. The number of ether oxygens (including phenoxy) is 1. The molecule has 25 heavy (non-hydrogen) atoms. The van der Waals surface area contributed by atoms with Crippen molar-refractivity contribution in [3.05, 3.63) is 29.3 Å². The van der Waals surface area contributed by atoms with Crippen LogP contribution in [0, 0.1) is 0 Å². The van der Waals surface area contributed by atoms with Crippen LogP contribution in [0.4, 0.5) is 0 Å². The van der Waals surface area contributed by atoms with E-state index in [4.69, 9.17) is 28.6 Å². The fraction of sp³-hybridized carbons (Fsp3) is 0.562. The van der Waals surface area contributed by atoms with Gasteiger partial charge in [-0.25, -0.2) is 8.42 Å². The van der Waals surface area contributed by atoms with Crippen molar-refractivity contribution >= 4 is 39.0 Å². The van der Waals surface area contributed by atoms with Gasteiger partial charge in [0.25, 0.3) is 0 Å². The summed E-state index contributed by atoms with van der Waals surface area (Å²) in [6, 6.07) is 6.26. The molecule has 0 radical (unpaired) electrons. The molecule has 1 N–H and O–H groups in total. The number of hydrogen-bond donors (Lipinski definition) is 1. The standard InChI is InChI=1S/C16H22ClN3O3S2/c17-13-3-5-15(6-4-13)25(21,22)20-9-7-19(8-10-20)16(24)18-12-14-2-1-11-23-14/h3-6,14H,1-2,7-12H2,(H,18,24)/t14-/m0/s1. The lowest BCUT2D eigenvalue weighted by Crippen LogP contribution is -2.53. The molecular weight excluding hydrogens is 382 g/mol. The Kier molecular flexibility index (Phi) is 6.17. The zero-order valence-corrected chi connectivity index (χ0v) is 16.2. The van der Waals surface area contributed by atoms with Crippen LogP contribution < -0.4 is 5.32 Å². The van der Waals surface area contributed by atoms with Crippen LogP contribution in [0.5, 0.6) is 0 Å². The third kappa shape index (κ3) is 4.62. The second kappa shape index (κ2) is 8.18. The Balaban J connectivity index is 1.52. The van der Waals surface area contributed by atoms with E-state index >= 15 is 0 Å². The van der Waals surface area contributed by atoms with Crippen LogP contribution in [0.15, 0.2) is 29.2 Å². The molecule has 0 aliphatic carbocycles. The number of sulfonamides is 1. The summed E-state index contributed by atoms with van der Waals surface area (Å²) in [5.41, 5.74) is 0. The molecule has 1 atom stereocenters. The molecule has 3 rings (SSSR count). The zero-order chi connectivity index (χ0) is 17.9. The van der Waals surface area contributed by atoms with Gasteiger partial charge in [-0.2, -0.15) is 4.31 Å². The van der Waals surface area contributed by atoms with E-state index in [1.54, 1.807) is 12.1 Å². The van der Waals surface area contributed by atoms with Crippen molar-refractivity contribution in [2.45, 2.75) is 23.8 Å². The zero-order valence-electron chi connectivity index (χ0n) is 13.9. The Morgan fingerprint density at radius 2 is 1.92 bits per heavy atom. The average molecular weight is 404 g/mol. The Morgan fingerprint density at radius 3 is 2.52 bits per heavy atom. The highest BCUT2D eigenvalue weighted by Crippen LogP contribution is 2.20. The summed E-state index contributed by atoms with van der Waals surface area (Å²) < 4.78 is 32.4. The van der Waals surface area contributed by atoms with E-state index in [9.17, 15) is 8.42 Å². The van der Waals surface area contributed by atoms with E-state index in [0.29, 0.717) is 42.9 Å². The minimum absolute atomic E-state index is 0.226. The normalized spacial score (nSPS) is 22.1. The molecule has 6 nitrogen and oxygen atoms in total. The quantitative estimate of drug-likeness (QED) is 0.772. The van der Waals surface area contributed by atoms with E-state index in [2.05, 4.69) is 5.32 Å². The molecule has 0 aromatic heterocycles. The van der Waals surface area contributed by atoms with Gasteiger partial charge in [0, 0.05) is 44.4 Å². The summed E-state index contributed by atoms with van der Waals surface area (Å²) >= 11 is 11.3. The van der Waals surface area contributed by atoms with Gasteiger partial charge in [0.05, 0.1) is 11.0 Å². The van der Waals surface area contributed by atoms with E-state index in [0.717, 1.165) is 19.4 Å². The molecule has 0 amide bonds. The molecule has 2 heterocycles. The highest BCUT2D eigenvalue weighted by atomic mass is 35.5. The van der Waals surface area contributed by atoms with E-state index in [1.165, 1.54) is 16.4 Å². The highest BCUT2D eigenvalue weighted by molar-refractivity contribution is 7.89. The van der Waals surface area contributed by atoms with Crippen molar-refractivity contribution in [3.8, 4) is 0 Å². The first-order chi connectivity index (χ1) is 12.0. The van der Waals surface area contributed by atoms with Crippen LogP contribution in [0.25, 0.3) is 0 Å². The van der Waals surface area contributed by atoms with Crippen LogP contribution in [0.2, 0.25) is 5.02 Å². The third-order valence-electron chi connectivity index (χ3n) is 4.48. The van der Waals surface area contributed by atoms with Crippen LogP contribution >= 0.6 is 23.8 Å². The maximum atomic E-state index is 12.7. The van der Waals surface area contributed by atoms with E-state index in [-0.39, 0.29) is 11.0 Å². The van der Waals surface area contributed by atoms with Crippen LogP contribution in [-0.2, 0) is 14.8 Å². The van der Waals surface area contributed by atoms with Crippen molar-refractivity contribution in [2.75, 3.05) is 39.3 Å². The lowest BCUT2D eigenvalue weighted by atomic mass is 10.2. The number of nitrogens with zero attached hydrogens (tertiary/aromatic N) is 2. The minimum atomic E-state index is -3.49. The van der Waals surface area contributed by atoms with Crippen LogP contribution in [0.3, 0.4) is 0 Å². The molecular formula is C16H22ClN3O3S2. The summed E-state index contributed by atoms with van der Waals surface area (Å²) in [6.07, 6.45) is 2.38. The number of piperazine rings is 1. The Labute approximate surface area is 159 Å². The van der Waals surface area contributed by atoms with Gasteiger partial charge in [-0.05, 0) is 49.3 Å². The number of hydrogen-bond acceptors (Lipinski definition) is 4. The van der Waals surface area contributed by atoms with Crippen molar-refractivity contribution in [3.63, 3.8) is 0 Å². The highest BCUT2D eigenvalue weighted by Gasteiger charge is 2.29. The van der Waals surface area contributed by atoms with Crippen molar-refractivity contribution in [1.29, 1.82) is 0 Å². The first-order valence-corrected chi connectivity index (χ1v) is 10.6. The smallest absolute Gasteiger partial charge is 0.243 e. The van der Waals surface area contributed by atoms with Crippen molar-refractivity contribution in [1.82, 2.24) is 14.5 Å². The summed E-state index contributed by atoms with van der Waals surface area (Å²) in [4.78, 5) is 2.28. The number of thiocarbonyl (C=S) groups is 1. The van der Waals surface area contributed by atoms with Crippen molar-refractivity contribution < 1.29 is 13.2 Å². The Bertz CT molecular complexity index is 698. The Hall–Kier alpha value is -0.930. The molecule has 9 heteroatoms. The first kappa shape index (κ1) is 18.8. The number of halogens is 1. The van der Waals surface area contributed by atoms with Gasteiger partial charge in [-0.1, -0.05) is 11.6 Å². The molecule has 2 aliphatic rings. The van der Waals surface area contributed by atoms with Gasteiger partial charge in [0.1, 0.15) is 0 Å². The number of rotatable bonds is 4. The molecule has 0 spiro atoms. The average Bonchev–Trinajstić information content (AvgIpc) is 3.14. The number of nitrogens with one attached hydrogen (secondary N) is 1. The predicted molar refractivity (Wildman–Crippen MR) is 101 cm³/mol. The van der Waals surface area contributed by atoms with Crippen LogP contribution in [0.1, 0.15) is 12.8 Å². The molecule has 2 fully saturated rings. The van der Waals surface area contributed by atoms with Gasteiger partial charge in [0.15, 0.2) is 5.11 Å². The van der Waals surface area contributed by atoms with Gasteiger partial charge in [-0.3, -0.25) is 0 Å². The van der Waals surface area contributed by atoms with E-state index < -0.39 is 10.0 Å². The topological polar surface area (TPSA) is 61.9 Å². The second-order valence-corrected chi connectivity index (χ2v) is 8.93. The lowest BCUT2D eigenvalue weighted by Gasteiger charge is -2.35. The maximum Gasteiger partial charge on any atom is 0.243 e. The third-order valence-corrected chi connectivity index (χ3v) is 7.05. The maximum absolute atomic E-state index is 12.7. The van der Waals surface area contributed by atoms with Gasteiger partial charge in [0.2, 0.25) is 10.0 Å². The predicted octanol–water partition coefficient (Wildman–Crippen LogP) is 1.70. The summed E-state index contributed by atoms with van der Waals surface area (Å²) in [5.74, 6) is 0. The summed E-state index contributed by atoms with van der Waals surface area (Å²) in [7, 11) is -3.49. The second-order valence-electron chi connectivity index (χ2n) is 6.17. The molecule has 0 unspecified atom stereocenters. The lowest BCUT2D eigenvalue weighted by molar-refractivity contribution is 0.113. The summed E-state index contributed by atoms with van der Waals surface area (Å²) in [6.45, 7) is 3.50. The minimum Gasteiger partial charge on any atom is -0.376 e. The molecule has 1 aromatic rings. The van der Waals surface area contributed by atoms with Gasteiger partial charge in [-0.15, -0.1) is 0 Å². The van der Waals surface area contributed by atoms with Gasteiger partial charge >= 0.3 is 0 Å².